The summed E-state index contributed by atoms with van der Waals surface area (Å²) in [5.74, 6) is 1.08. The number of halogens is 2. The molecule has 246 valence electrons. The first-order valence-electron chi connectivity index (χ1n) is 15.9. The zero-order valence-electron chi connectivity index (χ0n) is 27.0. The highest BCUT2D eigenvalue weighted by Gasteiger charge is 2.27. The van der Waals surface area contributed by atoms with E-state index in [2.05, 4.69) is 28.1 Å². The van der Waals surface area contributed by atoms with Gasteiger partial charge in [0, 0.05) is 51.8 Å². The lowest BCUT2D eigenvalue weighted by atomic mass is 9.98. The van der Waals surface area contributed by atoms with Crippen LogP contribution in [0, 0.1) is 0 Å². The van der Waals surface area contributed by atoms with Gasteiger partial charge in [0.05, 0.1) is 14.2 Å². The normalized spacial score (nSPS) is 12.4. The summed E-state index contributed by atoms with van der Waals surface area (Å²) in [4.78, 5) is 28.9. The number of fused-ring (bicyclic) bond motifs is 2. The van der Waals surface area contributed by atoms with Gasteiger partial charge in [-0.2, -0.15) is 0 Å². The number of nitrogens with zero attached hydrogens (tertiary/aromatic N) is 2. The van der Waals surface area contributed by atoms with Crippen molar-refractivity contribution in [3.63, 3.8) is 0 Å². The lowest BCUT2D eigenvalue weighted by Gasteiger charge is -2.30. The SMILES string of the molecule is COc1cc2c(cc1OC)CN(C(=O)c1cc3cc(-c4ccc(NC(=O)c5ccc(Cl)cc5)cc4)ccc3n1Cc1ccccc1Cl)CC2. The molecule has 6 aromatic rings. The molecule has 1 N–H and O–H groups in total. The fourth-order valence-electron chi connectivity index (χ4n) is 6.36. The summed E-state index contributed by atoms with van der Waals surface area (Å²) in [5.41, 5.74) is 7.83. The predicted molar refractivity (Wildman–Crippen MR) is 195 cm³/mol. The van der Waals surface area contributed by atoms with Crippen LogP contribution in [0.25, 0.3) is 22.0 Å². The van der Waals surface area contributed by atoms with Crippen LogP contribution >= 0.6 is 23.2 Å². The Morgan fingerprint density at radius 2 is 1.47 bits per heavy atom. The Labute approximate surface area is 294 Å². The molecule has 0 spiro atoms. The van der Waals surface area contributed by atoms with Crippen molar-refractivity contribution in [1.82, 2.24) is 9.47 Å². The first-order valence-corrected chi connectivity index (χ1v) is 16.6. The van der Waals surface area contributed by atoms with Gasteiger partial charge in [-0.25, -0.2) is 0 Å². The molecule has 0 atom stereocenters. The fourth-order valence-corrected chi connectivity index (χ4v) is 6.69. The predicted octanol–water partition coefficient (Wildman–Crippen LogP) is 9.13. The number of ether oxygens (including phenoxy) is 2. The molecule has 1 aliphatic rings. The quantitative estimate of drug-likeness (QED) is 0.173. The number of carbonyl (C=O) groups excluding carboxylic acids is 2. The molecule has 49 heavy (non-hydrogen) atoms. The molecule has 9 heteroatoms. The minimum Gasteiger partial charge on any atom is -0.493 e. The van der Waals surface area contributed by atoms with E-state index in [1.807, 2.05) is 71.6 Å². The van der Waals surface area contributed by atoms with Crippen molar-refractivity contribution in [2.75, 3.05) is 26.1 Å². The van der Waals surface area contributed by atoms with E-state index in [1.165, 1.54) is 0 Å². The number of nitrogens with one attached hydrogen (secondary N) is 1. The van der Waals surface area contributed by atoms with Crippen LogP contribution in [0.4, 0.5) is 5.69 Å². The monoisotopic (exact) mass is 689 g/mol. The molecule has 1 aliphatic heterocycles. The van der Waals surface area contributed by atoms with E-state index >= 15 is 0 Å². The van der Waals surface area contributed by atoms with Gasteiger partial charge in [0.1, 0.15) is 5.69 Å². The summed E-state index contributed by atoms with van der Waals surface area (Å²) in [6.07, 6.45) is 0.715. The number of methoxy groups -OCH3 is 2. The highest BCUT2D eigenvalue weighted by molar-refractivity contribution is 6.31. The number of amides is 2. The summed E-state index contributed by atoms with van der Waals surface area (Å²) >= 11 is 12.6. The lowest BCUT2D eigenvalue weighted by molar-refractivity contribution is 0.0724. The summed E-state index contributed by atoms with van der Waals surface area (Å²) < 4.78 is 13.1. The van der Waals surface area contributed by atoms with Crippen molar-refractivity contribution in [3.8, 4) is 22.6 Å². The molecule has 0 saturated heterocycles. The van der Waals surface area contributed by atoms with E-state index in [1.54, 1.807) is 38.5 Å². The van der Waals surface area contributed by atoms with E-state index in [9.17, 15) is 9.59 Å². The first-order chi connectivity index (χ1) is 23.8. The smallest absolute Gasteiger partial charge is 0.270 e. The Bertz CT molecular complexity index is 2190. The molecule has 0 unspecified atom stereocenters. The molecular formula is C40H33Cl2N3O4. The highest BCUT2D eigenvalue weighted by atomic mass is 35.5. The molecule has 0 saturated carbocycles. The van der Waals surface area contributed by atoms with Crippen LogP contribution in [-0.2, 0) is 19.5 Å². The summed E-state index contributed by atoms with van der Waals surface area (Å²) in [6, 6.07) is 34.3. The number of hydrogen-bond donors (Lipinski definition) is 1. The minimum atomic E-state index is -0.209. The van der Waals surface area contributed by atoms with Gasteiger partial charge >= 0.3 is 0 Å². The molecule has 2 heterocycles. The van der Waals surface area contributed by atoms with E-state index in [0.717, 1.165) is 38.7 Å². The number of rotatable bonds is 8. The zero-order chi connectivity index (χ0) is 34.1. The second-order valence-electron chi connectivity index (χ2n) is 12.0. The molecule has 0 radical (unpaired) electrons. The van der Waals surface area contributed by atoms with Gasteiger partial charge in [-0.1, -0.05) is 59.6 Å². The molecular weight excluding hydrogens is 657 g/mol. The zero-order valence-corrected chi connectivity index (χ0v) is 28.5. The van der Waals surface area contributed by atoms with Crippen molar-refractivity contribution in [3.05, 3.63) is 147 Å². The lowest BCUT2D eigenvalue weighted by Crippen LogP contribution is -2.37. The van der Waals surface area contributed by atoms with Crippen molar-refractivity contribution < 1.29 is 19.1 Å². The molecule has 2 amide bonds. The summed E-state index contributed by atoms with van der Waals surface area (Å²) in [5, 5.41) is 5.10. The summed E-state index contributed by atoms with van der Waals surface area (Å²) in [6.45, 7) is 1.50. The molecule has 7 rings (SSSR count). The van der Waals surface area contributed by atoms with E-state index in [-0.39, 0.29) is 11.8 Å². The third-order valence-corrected chi connectivity index (χ3v) is 9.62. The van der Waals surface area contributed by atoms with Crippen LogP contribution in [0.2, 0.25) is 10.0 Å². The second-order valence-corrected chi connectivity index (χ2v) is 12.8. The second kappa shape index (κ2) is 13.7. The van der Waals surface area contributed by atoms with E-state index in [0.29, 0.717) is 64.5 Å². The number of benzene rings is 5. The summed E-state index contributed by atoms with van der Waals surface area (Å²) in [7, 11) is 3.25. The van der Waals surface area contributed by atoms with E-state index < -0.39 is 0 Å². The number of hydrogen-bond acceptors (Lipinski definition) is 4. The van der Waals surface area contributed by atoms with Crippen molar-refractivity contribution in [1.29, 1.82) is 0 Å². The topological polar surface area (TPSA) is 72.8 Å². The third-order valence-electron chi connectivity index (χ3n) is 8.99. The van der Waals surface area contributed by atoms with Gasteiger partial charge in [0.25, 0.3) is 11.8 Å². The maximum Gasteiger partial charge on any atom is 0.270 e. The molecule has 7 nitrogen and oxygen atoms in total. The van der Waals surface area contributed by atoms with Gasteiger partial charge in [-0.05, 0) is 107 Å². The Hall–Kier alpha value is -5.24. The van der Waals surface area contributed by atoms with Crippen molar-refractivity contribution in [2.45, 2.75) is 19.5 Å². The molecule has 5 aromatic carbocycles. The first kappa shape index (κ1) is 32.3. The van der Waals surface area contributed by atoms with Gasteiger partial charge in [-0.3, -0.25) is 9.59 Å². The Kier molecular flexibility index (Phi) is 9.04. The number of carbonyl (C=O) groups is 2. The standard InChI is InChI=1S/C40H33Cl2N3O4/c1-48-37-21-28-17-18-44(23-31(28)22-38(37)49-2)40(47)36-20-30-19-27(11-16-35(30)45(36)24-29-5-3-4-6-34(29)42)25-9-14-33(15-10-25)43-39(46)26-7-12-32(41)13-8-26/h3-16,19-22H,17-18,23-24H2,1-2H3,(H,43,46). The fraction of sp³-hybridized carbons (Fsp3) is 0.150. The Balaban J connectivity index is 1.19. The minimum absolute atomic E-state index is 0.0500. The van der Waals surface area contributed by atoms with Crippen LogP contribution in [0.3, 0.4) is 0 Å². The Morgan fingerprint density at radius 3 is 2.18 bits per heavy atom. The van der Waals surface area contributed by atoms with Crippen LogP contribution in [0.1, 0.15) is 37.5 Å². The van der Waals surface area contributed by atoms with Crippen LogP contribution in [0.5, 0.6) is 11.5 Å². The largest absolute Gasteiger partial charge is 0.493 e. The van der Waals surface area contributed by atoms with Crippen molar-refractivity contribution in [2.24, 2.45) is 0 Å². The third kappa shape index (κ3) is 6.60. The van der Waals surface area contributed by atoms with Gasteiger partial charge in [-0.15, -0.1) is 0 Å². The highest BCUT2D eigenvalue weighted by Crippen LogP contribution is 2.35. The molecule has 0 aliphatic carbocycles. The molecule has 0 fully saturated rings. The van der Waals surface area contributed by atoms with Gasteiger partial charge in [0.15, 0.2) is 11.5 Å². The number of anilines is 1. The maximum atomic E-state index is 14.3. The average Bonchev–Trinajstić information content (AvgIpc) is 3.49. The Morgan fingerprint density at radius 1 is 0.776 bits per heavy atom. The van der Waals surface area contributed by atoms with Gasteiger partial charge in [0.2, 0.25) is 0 Å². The van der Waals surface area contributed by atoms with Crippen LogP contribution in [-0.4, -0.2) is 42.0 Å². The molecule has 0 bridgehead atoms. The van der Waals surface area contributed by atoms with Crippen LogP contribution in [0.15, 0.2) is 109 Å². The van der Waals surface area contributed by atoms with E-state index in [4.69, 9.17) is 32.7 Å². The molecule has 1 aromatic heterocycles. The van der Waals surface area contributed by atoms with Gasteiger partial charge < -0.3 is 24.3 Å². The number of aromatic nitrogens is 1. The maximum absolute atomic E-state index is 14.3. The average molecular weight is 691 g/mol. The van der Waals surface area contributed by atoms with Crippen molar-refractivity contribution >= 4 is 51.6 Å². The van der Waals surface area contributed by atoms with Crippen LogP contribution < -0.4 is 14.8 Å².